The minimum Gasteiger partial charge on any atom is -0.493 e. The van der Waals surface area contributed by atoms with Gasteiger partial charge in [-0.3, -0.25) is 14.7 Å². The summed E-state index contributed by atoms with van der Waals surface area (Å²) in [5.41, 5.74) is 1.04. The molecule has 0 unspecified atom stereocenters. The molecule has 3 aromatic rings. The molecule has 202 valence electrons. The molecule has 1 aliphatic heterocycles. The molecular weight excluding hydrogens is 489 g/mol. The number of hydrogen-bond donors (Lipinski definition) is 1. The number of morpholine rings is 1. The smallest absolute Gasteiger partial charge is 0.228 e. The van der Waals surface area contributed by atoms with Crippen LogP contribution in [0, 0.1) is 17.2 Å². The Kier molecular flexibility index (Phi) is 7.67. The molecule has 1 atom stereocenters. The zero-order valence-corrected chi connectivity index (χ0v) is 22.1. The molecule has 38 heavy (non-hydrogen) atoms. The highest BCUT2D eigenvalue weighted by Gasteiger charge is 2.50. The number of nitrogens with one attached hydrogen (secondary N) is 1. The Morgan fingerprint density at radius 3 is 2.63 bits per heavy atom. The number of amides is 1. The van der Waals surface area contributed by atoms with Gasteiger partial charge in [0.1, 0.15) is 5.75 Å². The van der Waals surface area contributed by atoms with E-state index in [1.807, 2.05) is 19.9 Å². The van der Waals surface area contributed by atoms with Crippen LogP contribution in [0.2, 0.25) is 0 Å². The molecule has 2 aliphatic rings. The first-order chi connectivity index (χ1) is 18.3. The zero-order chi connectivity index (χ0) is 26.7. The molecule has 0 bridgehead atoms. The Balaban J connectivity index is 1.28. The molecule has 1 aliphatic carbocycles. The average Bonchev–Trinajstić information content (AvgIpc) is 3.56. The van der Waals surface area contributed by atoms with Gasteiger partial charge in [0.2, 0.25) is 5.91 Å². The maximum atomic E-state index is 15.0. The van der Waals surface area contributed by atoms with E-state index in [0.717, 1.165) is 45.7 Å². The number of methoxy groups -OCH3 is 1. The van der Waals surface area contributed by atoms with E-state index < -0.39 is 5.82 Å². The Morgan fingerprint density at radius 1 is 1.13 bits per heavy atom. The van der Waals surface area contributed by atoms with Crippen LogP contribution in [0.5, 0.6) is 23.0 Å². The molecule has 2 heterocycles. The number of anilines is 1. The van der Waals surface area contributed by atoms with Crippen molar-refractivity contribution in [3.8, 4) is 23.0 Å². The van der Waals surface area contributed by atoms with Gasteiger partial charge in [-0.05, 0) is 42.5 Å². The maximum Gasteiger partial charge on any atom is 0.228 e. The minimum atomic E-state index is -0.573. The second-order valence-electron chi connectivity index (χ2n) is 10.5. The number of fused-ring (bicyclic) bond motifs is 1. The molecule has 0 radical (unpaired) electrons. The van der Waals surface area contributed by atoms with Gasteiger partial charge in [-0.15, -0.1) is 0 Å². The lowest BCUT2D eigenvalue weighted by molar-refractivity contribution is -0.118. The summed E-state index contributed by atoms with van der Waals surface area (Å²) in [7, 11) is 1.59. The molecule has 0 spiro atoms. The van der Waals surface area contributed by atoms with Gasteiger partial charge in [0, 0.05) is 55.0 Å². The standard InChI is InChI=1S/C29H34FN3O5/c1-29(2)18-21(29)28(34)32-19-5-6-25(22(30)15-19)38-24-7-8-31-23-17-26(35-3)27(16-20(23)24)37-12-4-9-33-10-13-36-14-11-33/h5-8,15-17,21H,4,9-14,18H2,1-3H3,(H,32,34)/t21-/m1/s1. The Labute approximate surface area is 222 Å². The highest BCUT2D eigenvalue weighted by atomic mass is 19.1. The number of halogens is 1. The van der Waals surface area contributed by atoms with E-state index in [2.05, 4.69) is 15.2 Å². The Bertz CT molecular complexity index is 1310. The van der Waals surface area contributed by atoms with Gasteiger partial charge in [0.25, 0.3) is 0 Å². The third kappa shape index (κ3) is 6.00. The number of hydrogen-bond acceptors (Lipinski definition) is 7. The number of rotatable bonds is 10. The summed E-state index contributed by atoms with van der Waals surface area (Å²) >= 11 is 0. The number of ether oxygens (including phenoxy) is 4. The lowest BCUT2D eigenvalue weighted by atomic mass is 10.1. The first kappa shape index (κ1) is 26.2. The Hall–Kier alpha value is -3.43. The third-order valence-electron chi connectivity index (χ3n) is 7.22. The van der Waals surface area contributed by atoms with Crippen LogP contribution in [0.3, 0.4) is 0 Å². The highest BCUT2D eigenvalue weighted by Crippen LogP contribution is 2.52. The van der Waals surface area contributed by atoms with Crippen molar-refractivity contribution in [1.82, 2.24) is 9.88 Å². The van der Waals surface area contributed by atoms with Gasteiger partial charge in [-0.2, -0.15) is 0 Å². The number of carbonyl (C=O) groups excluding carboxylic acids is 1. The molecule has 2 fully saturated rings. The van der Waals surface area contributed by atoms with E-state index in [0.29, 0.717) is 40.4 Å². The normalized spacial score (nSPS) is 18.7. The lowest BCUT2D eigenvalue weighted by Gasteiger charge is -2.26. The van der Waals surface area contributed by atoms with E-state index in [1.54, 1.807) is 31.5 Å². The summed E-state index contributed by atoms with van der Waals surface area (Å²) < 4.78 is 37.9. The van der Waals surface area contributed by atoms with Gasteiger partial charge in [-0.25, -0.2) is 4.39 Å². The third-order valence-corrected chi connectivity index (χ3v) is 7.22. The number of aromatic nitrogens is 1. The molecule has 8 nitrogen and oxygen atoms in total. The van der Waals surface area contributed by atoms with Gasteiger partial charge in [0.15, 0.2) is 23.1 Å². The predicted molar refractivity (Wildman–Crippen MR) is 143 cm³/mol. The van der Waals surface area contributed by atoms with E-state index in [9.17, 15) is 9.18 Å². The van der Waals surface area contributed by atoms with Crippen molar-refractivity contribution >= 4 is 22.5 Å². The monoisotopic (exact) mass is 523 g/mol. The van der Waals surface area contributed by atoms with Crippen molar-refractivity contribution in [1.29, 1.82) is 0 Å². The van der Waals surface area contributed by atoms with Gasteiger partial charge in [0.05, 0.1) is 32.4 Å². The first-order valence-electron chi connectivity index (χ1n) is 13.0. The van der Waals surface area contributed by atoms with Crippen molar-refractivity contribution in [3.05, 3.63) is 48.4 Å². The number of pyridine rings is 1. The second kappa shape index (κ2) is 11.1. The summed E-state index contributed by atoms with van der Waals surface area (Å²) in [6.07, 6.45) is 3.30. The van der Waals surface area contributed by atoms with Crippen LogP contribution >= 0.6 is 0 Å². The van der Waals surface area contributed by atoms with E-state index in [4.69, 9.17) is 18.9 Å². The van der Waals surface area contributed by atoms with Crippen molar-refractivity contribution in [2.24, 2.45) is 11.3 Å². The van der Waals surface area contributed by atoms with Crippen molar-refractivity contribution in [3.63, 3.8) is 0 Å². The molecule has 1 saturated carbocycles. The van der Waals surface area contributed by atoms with Gasteiger partial charge in [-0.1, -0.05) is 13.8 Å². The van der Waals surface area contributed by atoms with Crippen LogP contribution in [0.15, 0.2) is 42.6 Å². The van der Waals surface area contributed by atoms with Crippen molar-refractivity contribution in [2.75, 3.05) is 51.9 Å². The lowest BCUT2D eigenvalue weighted by Crippen LogP contribution is -2.37. The predicted octanol–water partition coefficient (Wildman–Crippen LogP) is 5.26. The molecule has 1 aromatic heterocycles. The van der Waals surface area contributed by atoms with Crippen LogP contribution in [0.1, 0.15) is 26.7 Å². The fourth-order valence-corrected chi connectivity index (χ4v) is 4.71. The SMILES string of the molecule is COc1cc2nccc(Oc3ccc(NC(=O)[C@H]4CC4(C)C)cc3F)c2cc1OCCCN1CCOCC1. The van der Waals surface area contributed by atoms with Gasteiger partial charge < -0.3 is 24.3 Å². The quantitative estimate of drug-likeness (QED) is 0.363. The fraction of sp³-hybridized carbons (Fsp3) is 0.448. The van der Waals surface area contributed by atoms with Crippen molar-refractivity contribution in [2.45, 2.75) is 26.7 Å². The summed E-state index contributed by atoms with van der Waals surface area (Å²) in [5, 5.41) is 3.47. The van der Waals surface area contributed by atoms with Crippen LogP contribution < -0.4 is 19.5 Å². The minimum absolute atomic E-state index is 0.00205. The Morgan fingerprint density at radius 2 is 1.92 bits per heavy atom. The molecule has 1 saturated heterocycles. The van der Waals surface area contributed by atoms with Crippen LogP contribution in [-0.2, 0) is 9.53 Å². The molecule has 5 rings (SSSR count). The van der Waals surface area contributed by atoms with Crippen LogP contribution in [0.4, 0.5) is 10.1 Å². The zero-order valence-electron chi connectivity index (χ0n) is 22.1. The number of carbonyl (C=O) groups is 1. The summed E-state index contributed by atoms with van der Waals surface area (Å²) in [4.78, 5) is 19.2. The summed E-state index contributed by atoms with van der Waals surface area (Å²) in [6.45, 7) is 8.97. The van der Waals surface area contributed by atoms with Crippen LogP contribution in [-0.4, -0.2) is 62.4 Å². The van der Waals surface area contributed by atoms with Crippen LogP contribution in [0.25, 0.3) is 10.9 Å². The fourth-order valence-electron chi connectivity index (χ4n) is 4.71. The first-order valence-corrected chi connectivity index (χ1v) is 13.0. The van der Waals surface area contributed by atoms with Gasteiger partial charge >= 0.3 is 0 Å². The molecule has 9 heteroatoms. The largest absolute Gasteiger partial charge is 0.493 e. The maximum absolute atomic E-state index is 15.0. The molecule has 1 amide bonds. The van der Waals surface area contributed by atoms with Crippen molar-refractivity contribution < 1.29 is 28.1 Å². The topological polar surface area (TPSA) is 82.2 Å². The average molecular weight is 524 g/mol. The molecule has 2 aromatic carbocycles. The number of benzene rings is 2. The highest BCUT2D eigenvalue weighted by molar-refractivity contribution is 5.95. The molecule has 1 N–H and O–H groups in total. The molecular formula is C29H34FN3O5. The van der Waals surface area contributed by atoms with E-state index >= 15 is 0 Å². The summed E-state index contributed by atoms with van der Waals surface area (Å²) in [5.74, 6) is 0.917. The number of nitrogens with zero attached hydrogens (tertiary/aromatic N) is 2. The van der Waals surface area contributed by atoms with E-state index in [1.165, 1.54) is 12.1 Å². The van der Waals surface area contributed by atoms with E-state index in [-0.39, 0.29) is 23.0 Å². The second-order valence-corrected chi connectivity index (χ2v) is 10.5. The summed E-state index contributed by atoms with van der Waals surface area (Å²) in [6, 6.07) is 9.71.